The molecule has 1 N–H and O–H groups in total. The van der Waals surface area contributed by atoms with E-state index in [1.165, 1.54) is 11.3 Å². The molecule has 0 amide bonds. The zero-order valence-corrected chi connectivity index (χ0v) is 10.5. The predicted octanol–water partition coefficient (Wildman–Crippen LogP) is 2.29. The summed E-state index contributed by atoms with van der Waals surface area (Å²) in [5, 5.41) is 9.91. The second-order valence-electron chi connectivity index (χ2n) is 4.71. The summed E-state index contributed by atoms with van der Waals surface area (Å²) in [6, 6.07) is 1.89. The van der Waals surface area contributed by atoms with Crippen LogP contribution in [0.5, 0.6) is 5.75 Å². The molecule has 1 heterocycles. The van der Waals surface area contributed by atoms with Gasteiger partial charge in [0.05, 0.1) is 11.4 Å². The van der Waals surface area contributed by atoms with Crippen LogP contribution in [0.2, 0.25) is 0 Å². The van der Waals surface area contributed by atoms with Crippen molar-refractivity contribution in [2.75, 3.05) is 37.0 Å². The van der Waals surface area contributed by atoms with E-state index in [4.69, 9.17) is 0 Å². The van der Waals surface area contributed by atoms with Gasteiger partial charge < -0.3 is 14.9 Å². The number of fused-ring (bicyclic) bond motifs is 1. The van der Waals surface area contributed by atoms with Crippen molar-refractivity contribution in [1.82, 2.24) is 0 Å². The fourth-order valence-electron chi connectivity index (χ4n) is 2.42. The van der Waals surface area contributed by atoms with Gasteiger partial charge in [0.1, 0.15) is 5.75 Å². The van der Waals surface area contributed by atoms with Crippen LogP contribution in [0, 0.1) is 13.8 Å². The van der Waals surface area contributed by atoms with E-state index < -0.39 is 0 Å². The Labute approximate surface area is 97.3 Å². The average Bonchev–Trinajstić information content (AvgIpc) is 2.36. The van der Waals surface area contributed by atoms with Gasteiger partial charge in [-0.05, 0) is 31.4 Å². The molecule has 88 valence electrons. The van der Waals surface area contributed by atoms with Gasteiger partial charge in [-0.3, -0.25) is 0 Å². The number of anilines is 2. The first-order valence-electron chi connectivity index (χ1n) is 5.78. The van der Waals surface area contributed by atoms with Crippen molar-refractivity contribution in [1.29, 1.82) is 0 Å². The summed E-state index contributed by atoms with van der Waals surface area (Å²) in [5.74, 6) is 0.401. The first kappa shape index (κ1) is 11.1. The Balaban J connectivity index is 2.66. The molecule has 1 aliphatic heterocycles. The lowest BCUT2D eigenvalue weighted by molar-refractivity contribution is 0.470. The number of aromatic hydroxyl groups is 1. The van der Waals surface area contributed by atoms with Crippen LogP contribution in [0.1, 0.15) is 17.5 Å². The number of phenols is 1. The fraction of sp³-hybridized carbons (Fsp3) is 0.538. The van der Waals surface area contributed by atoms with Gasteiger partial charge in [0, 0.05) is 33.3 Å². The molecule has 16 heavy (non-hydrogen) atoms. The van der Waals surface area contributed by atoms with E-state index in [0.29, 0.717) is 5.75 Å². The van der Waals surface area contributed by atoms with Crippen LogP contribution in [0.25, 0.3) is 0 Å². The van der Waals surface area contributed by atoms with Crippen LogP contribution in [0.3, 0.4) is 0 Å². The predicted molar refractivity (Wildman–Crippen MR) is 68.7 cm³/mol. The smallest absolute Gasteiger partial charge is 0.120 e. The van der Waals surface area contributed by atoms with Crippen LogP contribution in [-0.2, 0) is 0 Å². The standard InChI is InChI=1S/C13H20N2O/c1-9-10(2)13-11(8-12(9)16)14(3)6-5-7-15(13)4/h8,16H,5-7H2,1-4H3. The van der Waals surface area contributed by atoms with Crippen molar-refractivity contribution in [2.45, 2.75) is 20.3 Å². The van der Waals surface area contributed by atoms with E-state index in [1.54, 1.807) is 0 Å². The highest BCUT2D eigenvalue weighted by Gasteiger charge is 2.20. The lowest BCUT2D eigenvalue weighted by Crippen LogP contribution is -2.18. The number of benzene rings is 1. The van der Waals surface area contributed by atoms with E-state index in [0.717, 1.165) is 30.8 Å². The van der Waals surface area contributed by atoms with Gasteiger partial charge in [-0.15, -0.1) is 0 Å². The van der Waals surface area contributed by atoms with Crippen LogP contribution in [-0.4, -0.2) is 32.3 Å². The lowest BCUT2D eigenvalue weighted by Gasteiger charge is -2.26. The maximum atomic E-state index is 9.91. The van der Waals surface area contributed by atoms with Crippen molar-refractivity contribution in [3.63, 3.8) is 0 Å². The van der Waals surface area contributed by atoms with Gasteiger partial charge in [0.2, 0.25) is 0 Å². The third kappa shape index (κ3) is 1.60. The van der Waals surface area contributed by atoms with Crippen molar-refractivity contribution in [2.24, 2.45) is 0 Å². The molecule has 0 unspecified atom stereocenters. The summed E-state index contributed by atoms with van der Waals surface area (Å²) in [6.07, 6.45) is 1.15. The van der Waals surface area contributed by atoms with Crippen LogP contribution < -0.4 is 9.80 Å². The summed E-state index contributed by atoms with van der Waals surface area (Å²) in [6.45, 7) is 6.18. The second kappa shape index (κ2) is 3.89. The molecular weight excluding hydrogens is 200 g/mol. The van der Waals surface area contributed by atoms with E-state index in [1.807, 2.05) is 13.0 Å². The van der Waals surface area contributed by atoms with E-state index >= 15 is 0 Å². The molecule has 0 spiro atoms. The average molecular weight is 220 g/mol. The Morgan fingerprint density at radius 3 is 2.38 bits per heavy atom. The number of phenolic OH excluding ortho intramolecular Hbond substituents is 1. The lowest BCUT2D eigenvalue weighted by atomic mass is 10.0. The van der Waals surface area contributed by atoms with Crippen LogP contribution >= 0.6 is 0 Å². The van der Waals surface area contributed by atoms with Crippen LogP contribution in [0.15, 0.2) is 6.07 Å². The van der Waals surface area contributed by atoms with Gasteiger partial charge >= 0.3 is 0 Å². The Kier molecular flexibility index (Phi) is 2.70. The maximum absolute atomic E-state index is 9.91. The summed E-state index contributed by atoms with van der Waals surface area (Å²) in [7, 11) is 4.22. The van der Waals surface area contributed by atoms with Gasteiger partial charge in [0.25, 0.3) is 0 Å². The van der Waals surface area contributed by atoms with E-state index in [2.05, 4.69) is 30.8 Å². The van der Waals surface area contributed by atoms with Crippen molar-refractivity contribution in [3.05, 3.63) is 17.2 Å². The van der Waals surface area contributed by atoms with Crippen molar-refractivity contribution in [3.8, 4) is 5.75 Å². The quantitative estimate of drug-likeness (QED) is 0.726. The molecule has 0 bridgehead atoms. The Bertz CT molecular complexity index is 415. The Hall–Kier alpha value is -1.38. The minimum absolute atomic E-state index is 0.401. The summed E-state index contributed by atoms with van der Waals surface area (Å²) >= 11 is 0. The molecule has 0 aliphatic carbocycles. The zero-order valence-electron chi connectivity index (χ0n) is 10.5. The monoisotopic (exact) mass is 220 g/mol. The normalized spacial score (nSPS) is 16.0. The molecule has 0 fully saturated rings. The molecule has 1 aromatic carbocycles. The molecule has 0 radical (unpaired) electrons. The molecule has 1 aliphatic rings. The first-order chi connectivity index (χ1) is 7.52. The van der Waals surface area contributed by atoms with Gasteiger partial charge in [-0.25, -0.2) is 0 Å². The molecule has 0 aromatic heterocycles. The van der Waals surface area contributed by atoms with E-state index in [9.17, 15) is 5.11 Å². The van der Waals surface area contributed by atoms with Gasteiger partial charge in [0.15, 0.2) is 0 Å². The molecule has 3 nitrogen and oxygen atoms in total. The molecule has 0 atom stereocenters. The summed E-state index contributed by atoms with van der Waals surface area (Å²) < 4.78 is 0. The molecular formula is C13H20N2O. The maximum Gasteiger partial charge on any atom is 0.120 e. The molecule has 0 saturated heterocycles. The van der Waals surface area contributed by atoms with E-state index in [-0.39, 0.29) is 0 Å². The SMILES string of the molecule is Cc1c(O)cc2c(c1C)N(C)CCCN2C. The Morgan fingerprint density at radius 1 is 1.06 bits per heavy atom. The largest absolute Gasteiger partial charge is 0.508 e. The Morgan fingerprint density at radius 2 is 1.69 bits per heavy atom. The molecule has 3 heteroatoms. The van der Waals surface area contributed by atoms with Crippen LogP contribution in [0.4, 0.5) is 11.4 Å². The summed E-state index contributed by atoms with van der Waals surface area (Å²) in [4.78, 5) is 4.52. The fourth-order valence-corrected chi connectivity index (χ4v) is 2.42. The molecule has 2 rings (SSSR count). The van der Waals surface area contributed by atoms with Crippen molar-refractivity contribution < 1.29 is 5.11 Å². The minimum atomic E-state index is 0.401. The number of nitrogens with zero attached hydrogens (tertiary/aromatic N) is 2. The highest BCUT2D eigenvalue weighted by molar-refractivity contribution is 5.78. The van der Waals surface area contributed by atoms with Crippen molar-refractivity contribution >= 4 is 11.4 Å². The number of hydrogen-bond donors (Lipinski definition) is 1. The first-order valence-corrected chi connectivity index (χ1v) is 5.78. The van der Waals surface area contributed by atoms with Gasteiger partial charge in [-0.1, -0.05) is 0 Å². The third-order valence-electron chi connectivity index (χ3n) is 3.60. The minimum Gasteiger partial charge on any atom is -0.508 e. The number of rotatable bonds is 0. The molecule has 0 saturated carbocycles. The second-order valence-corrected chi connectivity index (χ2v) is 4.71. The topological polar surface area (TPSA) is 26.7 Å². The molecule has 1 aromatic rings. The highest BCUT2D eigenvalue weighted by Crippen LogP contribution is 2.39. The zero-order chi connectivity index (χ0) is 11.9. The highest BCUT2D eigenvalue weighted by atomic mass is 16.3. The third-order valence-corrected chi connectivity index (χ3v) is 3.60. The number of hydrogen-bond acceptors (Lipinski definition) is 3. The van der Waals surface area contributed by atoms with Gasteiger partial charge in [-0.2, -0.15) is 0 Å². The summed E-state index contributed by atoms with van der Waals surface area (Å²) in [5.41, 5.74) is 4.57.